The minimum Gasteiger partial charge on any atom is -0.387 e. The number of rotatable bonds is 15. The van der Waals surface area contributed by atoms with E-state index in [0.717, 1.165) is 49.9 Å². The average molecular weight is 796 g/mol. The number of nitrogens with zero attached hydrogens (tertiary/aromatic N) is 5. The summed E-state index contributed by atoms with van der Waals surface area (Å²) in [5, 5.41) is 18.8. The van der Waals surface area contributed by atoms with Crippen molar-refractivity contribution in [1.29, 1.82) is 0 Å². The first kappa shape index (κ1) is 42.0. The molecule has 4 aliphatic rings. The van der Waals surface area contributed by atoms with Gasteiger partial charge < -0.3 is 41.5 Å². The molecular weight excluding hydrogens is 739 g/mol. The van der Waals surface area contributed by atoms with Crippen molar-refractivity contribution in [1.82, 2.24) is 25.4 Å². The molecule has 1 aliphatic carbocycles. The minimum absolute atomic E-state index is 0.00440. The zero-order valence-electron chi connectivity index (χ0n) is 33.6. The third-order valence-corrected chi connectivity index (χ3v) is 11.4. The van der Waals surface area contributed by atoms with Crippen LogP contribution in [0.2, 0.25) is 0 Å². The van der Waals surface area contributed by atoms with Gasteiger partial charge in [0.05, 0.1) is 17.6 Å². The van der Waals surface area contributed by atoms with Crippen molar-refractivity contribution in [2.75, 3.05) is 56.0 Å². The summed E-state index contributed by atoms with van der Waals surface area (Å²) in [7, 11) is 0. The van der Waals surface area contributed by atoms with Crippen molar-refractivity contribution in [2.45, 2.75) is 77.9 Å². The summed E-state index contributed by atoms with van der Waals surface area (Å²) in [5.41, 5.74) is 9.01. The van der Waals surface area contributed by atoms with Crippen LogP contribution in [0.5, 0.6) is 0 Å². The van der Waals surface area contributed by atoms with Crippen molar-refractivity contribution in [3.63, 3.8) is 0 Å². The number of nitrogens with two attached hydrogens (primary N) is 1. The predicted molar refractivity (Wildman–Crippen MR) is 223 cm³/mol. The lowest BCUT2D eigenvalue weighted by Gasteiger charge is -2.32. The second-order valence-electron chi connectivity index (χ2n) is 15.7. The molecule has 0 bridgehead atoms. The molecule has 1 saturated heterocycles. The van der Waals surface area contributed by atoms with E-state index in [2.05, 4.69) is 30.8 Å². The van der Waals surface area contributed by atoms with Crippen molar-refractivity contribution in [2.24, 2.45) is 28.5 Å². The molecule has 310 valence electrons. The molecule has 1 aromatic carbocycles. The second kappa shape index (κ2) is 19.7. The topological polar surface area (TPSA) is 203 Å². The molecular formula is C43H57N9O6. The third kappa shape index (κ3) is 10.7. The Hall–Kier alpha value is -5.57. The van der Waals surface area contributed by atoms with Crippen molar-refractivity contribution in [3.05, 3.63) is 65.4 Å². The molecule has 2 fully saturated rings. The van der Waals surface area contributed by atoms with Gasteiger partial charge in [-0.25, -0.2) is 9.98 Å². The quantitative estimate of drug-likeness (QED) is 0.167. The largest absolute Gasteiger partial charge is 0.387 e. The van der Waals surface area contributed by atoms with Gasteiger partial charge in [-0.1, -0.05) is 19.9 Å². The zero-order chi connectivity index (χ0) is 41.2. The summed E-state index contributed by atoms with van der Waals surface area (Å²) >= 11 is 0. The van der Waals surface area contributed by atoms with Gasteiger partial charge in [-0.05, 0) is 93.7 Å². The highest BCUT2D eigenvalue weighted by atomic mass is 16.3. The number of aliphatic hydroxyl groups excluding tert-OH is 1. The van der Waals surface area contributed by atoms with E-state index >= 15 is 0 Å². The van der Waals surface area contributed by atoms with E-state index in [9.17, 15) is 29.1 Å². The van der Waals surface area contributed by atoms with Gasteiger partial charge in [-0.2, -0.15) is 0 Å². The maximum absolute atomic E-state index is 13.3. The number of hydrogen-bond donors (Lipinski definition) is 5. The number of aliphatic hydroxyl groups is 1. The molecule has 6 N–H and O–H groups in total. The van der Waals surface area contributed by atoms with Crippen LogP contribution in [0.1, 0.15) is 87.6 Å². The standard InChI is InChI=1S/C43H57N9O6/c1-3-19-51(20-4-2)43(58)33-23-31-9-10-32(24-35(31)49-36(44)25-33)42(57)48-34-11-12-37(47-26-34)50-21-15-30(16-22-50)41(56)46-18-17-45-40(55)29-7-5-28(6-8-29)27-52-38(53)13-14-39(52)54/h9-14,23-24,26,28-30,38,53H,3-8,15-22,25,27H2,1-2H3,(H2,44,49)(H,45,55)(H,46,56)(H,48,57). The fourth-order valence-corrected chi connectivity index (χ4v) is 8.19. The van der Waals surface area contributed by atoms with Gasteiger partial charge in [-0.15, -0.1) is 0 Å². The first-order chi connectivity index (χ1) is 28.0. The van der Waals surface area contributed by atoms with E-state index in [-0.39, 0.29) is 53.7 Å². The molecule has 0 spiro atoms. The molecule has 1 aromatic heterocycles. The monoisotopic (exact) mass is 795 g/mol. The van der Waals surface area contributed by atoms with E-state index in [1.165, 1.54) is 17.1 Å². The second-order valence-corrected chi connectivity index (χ2v) is 15.7. The molecule has 5 amide bonds. The number of amidine groups is 1. The van der Waals surface area contributed by atoms with Crippen molar-refractivity contribution < 1.29 is 29.1 Å². The maximum Gasteiger partial charge on any atom is 0.255 e. The van der Waals surface area contributed by atoms with Crippen LogP contribution in [0, 0.1) is 17.8 Å². The maximum atomic E-state index is 13.3. The summed E-state index contributed by atoms with van der Waals surface area (Å²) in [6, 6.07) is 8.83. The van der Waals surface area contributed by atoms with Gasteiger partial charge >= 0.3 is 0 Å². The highest BCUT2D eigenvalue weighted by Crippen LogP contribution is 2.31. The molecule has 4 heterocycles. The van der Waals surface area contributed by atoms with Gasteiger partial charge in [-0.3, -0.25) is 24.0 Å². The molecule has 0 radical (unpaired) electrons. The minimum atomic E-state index is -0.855. The fourth-order valence-electron chi connectivity index (χ4n) is 8.19. The summed E-state index contributed by atoms with van der Waals surface area (Å²) in [6.07, 6.45) is 11.9. The molecule has 6 rings (SSSR count). The van der Waals surface area contributed by atoms with E-state index < -0.39 is 6.23 Å². The Morgan fingerprint density at radius 3 is 2.19 bits per heavy atom. The number of benzene rings is 1. The lowest BCUT2D eigenvalue weighted by Crippen LogP contribution is -2.43. The molecule has 3 aliphatic heterocycles. The normalized spacial score (nSPS) is 20.7. The first-order valence-corrected chi connectivity index (χ1v) is 20.7. The highest BCUT2D eigenvalue weighted by Gasteiger charge is 2.31. The van der Waals surface area contributed by atoms with Gasteiger partial charge in [0, 0.05) is 86.8 Å². The highest BCUT2D eigenvalue weighted by molar-refractivity contribution is 6.08. The summed E-state index contributed by atoms with van der Waals surface area (Å²) < 4.78 is 0. The number of amides is 5. The van der Waals surface area contributed by atoms with Crippen LogP contribution in [-0.2, 0) is 19.2 Å². The van der Waals surface area contributed by atoms with E-state index in [1.54, 1.807) is 30.5 Å². The van der Waals surface area contributed by atoms with Crippen LogP contribution in [0.4, 0.5) is 17.2 Å². The van der Waals surface area contributed by atoms with Crippen LogP contribution < -0.4 is 26.6 Å². The number of piperidine rings is 1. The van der Waals surface area contributed by atoms with Crippen LogP contribution >= 0.6 is 0 Å². The van der Waals surface area contributed by atoms with E-state index in [1.807, 2.05) is 30.9 Å². The van der Waals surface area contributed by atoms with Crippen molar-refractivity contribution in [3.8, 4) is 0 Å². The van der Waals surface area contributed by atoms with Crippen LogP contribution in [0.25, 0.3) is 6.08 Å². The summed E-state index contributed by atoms with van der Waals surface area (Å²) in [5.74, 6) is 0.577. The smallest absolute Gasteiger partial charge is 0.255 e. The molecule has 1 saturated carbocycles. The Kier molecular flexibility index (Phi) is 14.3. The summed E-state index contributed by atoms with van der Waals surface area (Å²) in [6.45, 7) is 7.99. The molecule has 1 unspecified atom stereocenters. The van der Waals surface area contributed by atoms with Gasteiger partial charge in [0.2, 0.25) is 23.6 Å². The van der Waals surface area contributed by atoms with Gasteiger partial charge in [0.15, 0.2) is 0 Å². The molecule has 2 aromatic rings. The number of aliphatic imine (C=N–C) groups is 1. The Balaban J connectivity index is 0.905. The Labute approximate surface area is 340 Å². The van der Waals surface area contributed by atoms with E-state index in [4.69, 9.17) is 5.73 Å². The SMILES string of the molecule is CCCN(CCC)C(=O)C1=Cc2ccc(C(=O)Nc3ccc(N4CCC(C(=O)NCCNC(=O)C5CCC(CN6C(=O)C=CC6O)CC5)CC4)nc3)cc2N=C(N)C1. The number of aromatic nitrogens is 1. The Bertz CT molecular complexity index is 1910. The van der Waals surface area contributed by atoms with Crippen LogP contribution in [0.15, 0.2) is 59.2 Å². The van der Waals surface area contributed by atoms with Gasteiger partial charge in [0.25, 0.3) is 5.91 Å². The molecule has 58 heavy (non-hydrogen) atoms. The molecule has 1 atom stereocenters. The number of carbonyl (C=O) groups is 5. The van der Waals surface area contributed by atoms with Crippen LogP contribution in [0.3, 0.4) is 0 Å². The number of hydrogen-bond acceptors (Lipinski definition) is 10. The van der Waals surface area contributed by atoms with Crippen molar-refractivity contribution >= 4 is 58.6 Å². The van der Waals surface area contributed by atoms with E-state index in [0.29, 0.717) is 87.0 Å². The first-order valence-electron chi connectivity index (χ1n) is 20.7. The molecule has 15 heteroatoms. The fraction of sp³-hybridized carbons (Fsp3) is 0.512. The van der Waals surface area contributed by atoms with Crippen LogP contribution in [-0.4, -0.2) is 107 Å². The van der Waals surface area contributed by atoms with Gasteiger partial charge in [0.1, 0.15) is 17.9 Å². The number of carbonyl (C=O) groups excluding carboxylic acids is 5. The number of nitrogens with one attached hydrogen (secondary N) is 3. The number of pyridine rings is 1. The lowest BCUT2D eigenvalue weighted by atomic mass is 9.81. The Morgan fingerprint density at radius 1 is 0.914 bits per heavy atom. The molecule has 15 nitrogen and oxygen atoms in total. The number of fused-ring (bicyclic) bond motifs is 1. The Morgan fingerprint density at radius 2 is 1.59 bits per heavy atom. The lowest BCUT2D eigenvalue weighted by molar-refractivity contribution is -0.133. The predicted octanol–water partition coefficient (Wildman–Crippen LogP) is 3.73. The third-order valence-electron chi connectivity index (χ3n) is 11.4. The summed E-state index contributed by atoms with van der Waals surface area (Å²) in [4.78, 5) is 78.7. The average Bonchev–Trinajstić information content (AvgIpc) is 3.43. The number of anilines is 2. The zero-order valence-corrected chi connectivity index (χ0v) is 33.6.